The van der Waals surface area contributed by atoms with E-state index in [-0.39, 0.29) is 24.0 Å². The first-order valence-electron chi connectivity index (χ1n) is 8.87. The number of guanidine groups is 1. The van der Waals surface area contributed by atoms with Crippen molar-refractivity contribution in [2.75, 3.05) is 13.1 Å². The third kappa shape index (κ3) is 6.16. The van der Waals surface area contributed by atoms with Crippen molar-refractivity contribution < 1.29 is 4.74 Å². The van der Waals surface area contributed by atoms with Crippen LogP contribution < -0.4 is 10.5 Å². The number of ether oxygens (including phenoxy) is 1. The molecule has 0 spiro atoms. The minimum atomic E-state index is 0. The molecule has 1 aromatic carbocycles. The molecule has 1 fully saturated rings. The number of piperidine rings is 1. The third-order valence-electron chi connectivity index (χ3n) is 4.44. The predicted molar refractivity (Wildman–Crippen MR) is 116 cm³/mol. The van der Waals surface area contributed by atoms with Crippen molar-refractivity contribution in [1.29, 1.82) is 0 Å². The molecule has 1 saturated heterocycles. The number of nitrogens with zero attached hydrogens (tertiary/aromatic N) is 3. The molecule has 3 rings (SSSR count). The second-order valence-electron chi connectivity index (χ2n) is 6.62. The second-order valence-corrected chi connectivity index (χ2v) is 6.62. The Balaban J connectivity index is 0.00000243. The van der Waals surface area contributed by atoms with Gasteiger partial charge in [-0.3, -0.25) is 4.98 Å². The number of pyridine rings is 1. The summed E-state index contributed by atoms with van der Waals surface area (Å²) in [6.07, 6.45) is 4.25. The molecule has 1 aliphatic heterocycles. The van der Waals surface area contributed by atoms with Crippen LogP contribution in [0.3, 0.4) is 0 Å². The molecule has 0 saturated carbocycles. The van der Waals surface area contributed by atoms with Gasteiger partial charge in [0.1, 0.15) is 12.4 Å². The van der Waals surface area contributed by atoms with Crippen LogP contribution in [-0.2, 0) is 13.2 Å². The molecule has 1 aromatic heterocycles. The van der Waals surface area contributed by atoms with Crippen molar-refractivity contribution in [3.63, 3.8) is 0 Å². The Morgan fingerprint density at radius 1 is 1.27 bits per heavy atom. The third-order valence-corrected chi connectivity index (χ3v) is 4.44. The van der Waals surface area contributed by atoms with Crippen LogP contribution in [0.1, 0.15) is 31.0 Å². The molecule has 140 valence electrons. The smallest absolute Gasteiger partial charge is 0.191 e. The first-order chi connectivity index (χ1) is 12.2. The maximum atomic E-state index is 6.14. The summed E-state index contributed by atoms with van der Waals surface area (Å²) in [6.45, 7) is 5.36. The number of aliphatic imine (C=N–C) groups is 1. The number of aromatic nitrogens is 1. The van der Waals surface area contributed by atoms with Crippen molar-refractivity contribution in [2.24, 2.45) is 16.6 Å². The number of likely N-dealkylation sites (tertiary alicyclic amines) is 1. The molecule has 26 heavy (non-hydrogen) atoms. The molecular weight excluding hydrogens is 439 g/mol. The van der Waals surface area contributed by atoms with Gasteiger partial charge < -0.3 is 15.4 Å². The molecule has 1 aliphatic rings. The average Bonchev–Trinajstić information content (AvgIpc) is 2.66. The number of hydrogen-bond acceptors (Lipinski definition) is 3. The highest BCUT2D eigenvalue weighted by Crippen LogP contribution is 2.16. The summed E-state index contributed by atoms with van der Waals surface area (Å²) >= 11 is 0. The van der Waals surface area contributed by atoms with E-state index in [2.05, 4.69) is 21.8 Å². The molecule has 6 heteroatoms. The average molecular weight is 466 g/mol. The van der Waals surface area contributed by atoms with Crippen molar-refractivity contribution in [3.05, 3.63) is 59.9 Å². The van der Waals surface area contributed by atoms with Gasteiger partial charge in [0.25, 0.3) is 0 Å². The molecule has 0 amide bonds. The zero-order valence-electron chi connectivity index (χ0n) is 15.2. The Morgan fingerprint density at radius 2 is 2.08 bits per heavy atom. The number of hydrogen-bond donors (Lipinski definition) is 1. The van der Waals surface area contributed by atoms with E-state index >= 15 is 0 Å². The topological polar surface area (TPSA) is 63.7 Å². The Kier molecular flexibility index (Phi) is 8.15. The first-order valence-corrected chi connectivity index (χ1v) is 8.87. The van der Waals surface area contributed by atoms with E-state index < -0.39 is 0 Å². The first kappa shape index (κ1) is 20.5. The van der Waals surface area contributed by atoms with Gasteiger partial charge in [-0.25, -0.2) is 4.99 Å². The molecular formula is C20H27IN4O. The van der Waals surface area contributed by atoms with Gasteiger partial charge in [0.15, 0.2) is 5.96 Å². The largest absolute Gasteiger partial charge is 0.487 e. The van der Waals surface area contributed by atoms with Gasteiger partial charge in [-0.15, -0.1) is 24.0 Å². The molecule has 2 N–H and O–H groups in total. The van der Waals surface area contributed by atoms with Crippen LogP contribution in [0.15, 0.2) is 53.7 Å². The summed E-state index contributed by atoms with van der Waals surface area (Å²) in [7, 11) is 0. The Labute approximate surface area is 172 Å². The van der Waals surface area contributed by atoms with E-state index in [0.717, 1.165) is 30.1 Å². The fraction of sp³-hybridized carbons (Fsp3) is 0.400. The monoisotopic (exact) mass is 466 g/mol. The van der Waals surface area contributed by atoms with Crippen LogP contribution in [0.5, 0.6) is 5.75 Å². The van der Waals surface area contributed by atoms with Crippen molar-refractivity contribution in [2.45, 2.75) is 32.9 Å². The van der Waals surface area contributed by atoms with Gasteiger partial charge in [-0.1, -0.05) is 25.1 Å². The number of halogens is 1. The van der Waals surface area contributed by atoms with Crippen LogP contribution in [0, 0.1) is 5.92 Å². The van der Waals surface area contributed by atoms with Gasteiger partial charge in [0, 0.05) is 19.3 Å². The lowest BCUT2D eigenvalue weighted by Gasteiger charge is -2.31. The fourth-order valence-corrected chi connectivity index (χ4v) is 3.00. The summed E-state index contributed by atoms with van der Waals surface area (Å²) in [6, 6.07) is 13.8. The molecule has 2 aromatic rings. The van der Waals surface area contributed by atoms with Crippen molar-refractivity contribution in [1.82, 2.24) is 9.88 Å². The van der Waals surface area contributed by atoms with Crippen molar-refractivity contribution >= 4 is 29.9 Å². The van der Waals surface area contributed by atoms with Gasteiger partial charge in [-0.05, 0) is 48.6 Å². The molecule has 5 nitrogen and oxygen atoms in total. The zero-order chi connectivity index (χ0) is 17.5. The van der Waals surface area contributed by atoms with E-state index in [4.69, 9.17) is 10.5 Å². The minimum Gasteiger partial charge on any atom is -0.487 e. The number of benzene rings is 1. The lowest BCUT2D eigenvalue weighted by Crippen LogP contribution is -2.43. The number of nitrogens with two attached hydrogens (primary N) is 1. The second kappa shape index (κ2) is 10.4. The van der Waals surface area contributed by atoms with Crippen LogP contribution in [0.2, 0.25) is 0 Å². The summed E-state index contributed by atoms with van der Waals surface area (Å²) in [5, 5.41) is 0. The van der Waals surface area contributed by atoms with E-state index in [1.54, 1.807) is 6.20 Å². The summed E-state index contributed by atoms with van der Waals surface area (Å²) < 4.78 is 5.75. The Hall–Kier alpha value is -1.83. The standard InChI is InChI=1S/C20H26N4O.HI/c1-16-5-4-12-24(14-16)20(21)23-13-17-7-9-19(10-8-17)25-15-18-6-2-3-11-22-18;/h2-3,6-11,16H,4-5,12-15H2,1H3,(H2,21,23);1H. The highest BCUT2D eigenvalue weighted by molar-refractivity contribution is 14.0. The van der Waals surface area contributed by atoms with Crippen LogP contribution in [0.25, 0.3) is 0 Å². The van der Waals surface area contributed by atoms with E-state index in [0.29, 0.717) is 25.0 Å². The fourth-order valence-electron chi connectivity index (χ4n) is 3.00. The van der Waals surface area contributed by atoms with Gasteiger partial charge in [-0.2, -0.15) is 0 Å². The van der Waals surface area contributed by atoms with Gasteiger partial charge >= 0.3 is 0 Å². The molecule has 0 radical (unpaired) electrons. The van der Waals surface area contributed by atoms with E-state index in [9.17, 15) is 0 Å². The van der Waals surface area contributed by atoms with Gasteiger partial charge in [0.05, 0.1) is 12.2 Å². The summed E-state index contributed by atoms with van der Waals surface area (Å²) in [4.78, 5) is 11.0. The number of rotatable bonds is 5. The summed E-state index contributed by atoms with van der Waals surface area (Å²) in [5.41, 5.74) is 8.18. The molecule has 1 atom stereocenters. The molecule has 0 aliphatic carbocycles. The predicted octanol–water partition coefficient (Wildman–Crippen LogP) is 3.83. The highest BCUT2D eigenvalue weighted by atomic mass is 127. The Morgan fingerprint density at radius 3 is 2.77 bits per heavy atom. The van der Waals surface area contributed by atoms with Crippen molar-refractivity contribution in [3.8, 4) is 5.75 Å². The lowest BCUT2D eigenvalue weighted by atomic mass is 10.0. The van der Waals surface area contributed by atoms with Crippen LogP contribution in [-0.4, -0.2) is 28.9 Å². The van der Waals surface area contributed by atoms with Crippen LogP contribution >= 0.6 is 24.0 Å². The maximum Gasteiger partial charge on any atom is 0.191 e. The van der Waals surface area contributed by atoms with Gasteiger partial charge in [0.2, 0.25) is 0 Å². The zero-order valence-corrected chi connectivity index (χ0v) is 17.5. The lowest BCUT2D eigenvalue weighted by molar-refractivity contribution is 0.270. The van der Waals surface area contributed by atoms with E-state index in [1.165, 1.54) is 12.8 Å². The molecule has 0 bridgehead atoms. The highest BCUT2D eigenvalue weighted by Gasteiger charge is 2.17. The Bertz CT molecular complexity index is 691. The maximum absolute atomic E-state index is 6.14. The minimum absolute atomic E-state index is 0. The quantitative estimate of drug-likeness (QED) is 0.414. The van der Waals surface area contributed by atoms with Crippen LogP contribution in [0.4, 0.5) is 0 Å². The summed E-state index contributed by atoms with van der Waals surface area (Å²) in [5.74, 6) is 2.18. The normalized spacial score (nSPS) is 17.5. The van der Waals surface area contributed by atoms with E-state index in [1.807, 2.05) is 42.5 Å². The molecule has 2 heterocycles. The SMILES string of the molecule is CC1CCCN(C(N)=NCc2ccc(OCc3ccccn3)cc2)C1.I. The molecule has 1 unspecified atom stereocenters.